The molecule has 0 spiro atoms. The highest BCUT2D eigenvalue weighted by Gasteiger charge is 2.46. The summed E-state index contributed by atoms with van der Waals surface area (Å²) in [6.07, 6.45) is 1.71. The van der Waals surface area contributed by atoms with Gasteiger partial charge in [-0.15, -0.1) is 0 Å². The number of fused-ring (bicyclic) bond motifs is 1. The zero-order valence-corrected chi connectivity index (χ0v) is 33.9. The van der Waals surface area contributed by atoms with Crippen molar-refractivity contribution in [1.29, 1.82) is 0 Å². The van der Waals surface area contributed by atoms with E-state index >= 15 is 0 Å². The standard InChI is InChI=1S/C41H46N10O7S/c1-25-23-43-40(47-36(25)44-27-8-7-9-29(22-27)59(57,58)48-41(2,3)4)45-26-12-14-28(15-13-26)49-18-20-50(21-19-49)34(53)24-42-35-30-10-5-6-11-31(30)38(55)51(39(35)56)32-16-17-33(52)46-37(32)54/h5-15,22-23,32,35,42,48H,16-21,24H2,1-4H3,(H,46,52,54)(H2,43,44,45,47). The minimum absolute atomic E-state index is 0.00663. The van der Waals surface area contributed by atoms with Crippen LogP contribution < -0.4 is 30.9 Å². The molecule has 3 aliphatic heterocycles. The molecule has 18 heteroatoms. The molecule has 1 aromatic heterocycles. The SMILES string of the molecule is Cc1cnc(Nc2ccc(N3CCN(C(=O)CNC4C(=O)N(C5CCC(=O)NC5=O)C(=O)c5ccccc54)CC3)cc2)nc1Nc1cccc(S(=O)(=O)NC(C)(C)C)c1. The molecular weight excluding hydrogens is 777 g/mol. The maximum Gasteiger partial charge on any atom is 0.261 e. The van der Waals surface area contributed by atoms with E-state index in [0.29, 0.717) is 49.2 Å². The van der Waals surface area contributed by atoms with Crippen LogP contribution in [0.4, 0.5) is 28.8 Å². The van der Waals surface area contributed by atoms with E-state index < -0.39 is 51.3 Å². The lowest BCUT2D eigenvalue weighted by atomic mass is 9.91. The minimum Gasteiger partial charge on any atom is -0.368 e. The van der Waals surface area contributed by atoms with E-state index in [-0.39, 0.29) is 35.8 Å². The van der Waals surface area contributed by atoms with Crippen LogP contribution in [0.5, 0.6) is 0 Å². The van der Waals surface area contributed by atoms with E-state index in [9.17, 15) is 32.4 Å². The van der Waals surface area contributed by atoms with Gasteiger partial charge in [-0.2, -0.15) is 4.98 Å². The number of sulfonamides is 1. The fourth-order valence-electron chi connectivity index (χ4n) is 7.23. The summed E-state index contributed by atoms with van der Waals surface area (Å²) in [7, 11) is -3.73. The van der Waals surface area contributed by atoms with Crippen molar-refractivity contribution in [3.05, 3.63) is 95.7 Å². The summed E-state index contributed by atoms with van der Waals surface area (Å²) in [5.41, 5.74) is 3.09. The first-order valence-electron chi connectivity index (χ1n) is 19.2. The van der Waals surface area contributed by atoms with Crippen molar-refractivity contribution < 1.29 is 32.4 Å². The van der Waals surface area contributed by atoms with Gasteiger partial charge < -0.3 is 20.4 Å². The highest BCUT2D eigenvalue weighted by atomic mass is 32.2. The molecule has 4 heterocycles. The number of piperidine rings is 1. The van der Waals surface area contributed by atoms with Crippen molar-refractivity contribution >= 4 is 68.4 Å². The molecule has 0 saturated carbocycles. The molecule has 5 amide bonds. The third kappa shape index (κ3) is 9.24. The molecule has 2 saturated heterocycles. The Morgan fingerprint density at radius 3 is 2.34 bits per heavy atom. The zero-order valence-electron chi connectivity index (χ0n) is 33.1. The Balaban J connectivity index is 0.932. The lowest BCUT2D eigenvalue weighted by molar-refractivity contribution is -0.145. The average Bonchev–Trinajstić information content (AvgIpc) is 3.19. The number of nitrogens with zero attached hydrogens (tertiary/aromatic N) is 5. The first-order chi connectivity index (χ1) is 28.1. The van der Waals surface area contributed by atoms with Gasteiger partial charge in [0.25, 0.3) is 11.8 Å². The fraction of sp³-hybridized carbons (Fsp3) is 0.341. The first kappa shape index (κ1) is 40.9. The van der Waals surface area contributed by atoms with Crippen molar-refractivity contribution in [3.8, 4) is 0 Å². The van der Waals surface area contributed by atoms with Crippen LogP contribution in [0, 0.1) is 6.92 Å². The van der Waals surface area contributed by atoms with Gasteiger partial charge in [-0.3, -0.25) is 39.5 Å². The van der Waals surface area contributed by atoms with E-state index in [1.54, 1.807) is 74.3 Å². The molecule has 0 aliphatic carbocycles. The molecule has 7 rings (SSSR count). The van der Waals surface area contributed by atoms with E-state index in [1.165, 1.54) is 6.07 Å². The Kier molecular flexibility index (Phi) is 11.5. The molecule has 0 radical (unpaired) electrons. The predicted molar refractivity (Wildman–Crippen MR) is 220 cm³/mol. The zero-order chi connectivity index (χ0) is 42.1. The summed E-state index contributed by atoms with van der Waals surface area (Å²) in [5, 5.41) is 11.7. The Morgan fingerprint density at radius 2 is 1.63 bits per heavy atom. The van der Waals surface area contributed by atoms with E-state index in [1.807, 2.05) is 31.2 Å². The third-order valence-electron chi connectivity index (χ3n) is 10.1. The van der Waals surface area contributed by atoms with E-state index in [4.69, 9.17) is 0 Å². The maximum atomic E-state index is 13.7. The van der Waals surface area contributed by atoms with Crippen LogP contribution in [0.3, 0.4) is 0 Å². The number of benzene rings is 3. The van der Waals surface area contributed by atoms with Crippen LogP contribution in [-0.2, 0) is 29.2 Å². The molecular formula is C41H46N10O7S. The van der Waals surface area contributed by atoms with E-state index in [2.05, 4.69) is 40.9 Å². The maximum absolute atomic E-state index is 13.7. The average molecular weight is 823 g/mol. The number of hydrogen-bond acceptors (Lipinski definition) is 13. The molecule has 59 heavy (non-hydrogen) atoms. The van der Waals surface area contributed by atoms with Gasteiger partial charge >= 0.3 is 0 Å². The van der Waals surface area contributed by atoms with Crippen molar-refractivity contribution in [2.75, 3.05) is 48.3 Å². The number of aromatic nitrogens is 2. The van der Waals surface area contributed by atoms with Gasteiger partial charge in [-0.1, -0.05) is 24.3 Å². The number of piperazine rings is 1. The molecule has 5 N–H and O–H groups in total. The van der Waals surface area contributed by atoms with Crippen LogP contribution in [0.1, 0.15) is 61.1 Å². The lowest BCUT2D eigenvalue weighted by Gasteiger charge is -2.39. The second-order valence-corrected chi connectivity index (χ2v) is 17.3. The summed E-state index contributed by atoms with van der Waals surface area (Å²) in [4.78, 5) is 78.9. The van der Waals surface area contributed by atoms with Crippen molar-refractivity contribution in [1.82, 2.24) is 35.1 Å². The predicted octanol–water partition coefficient (Wildman–Crippen LogP) is 3.12. The number of hydrogen-bond donors (Lipinski definition) is 5. The Morgan fingerprint density at radius 1 is 0.898 bits per heavy atom. The van der Waals surface area contributed by atoms with Crippen molar-refractivity contribution in [3.63, 3.8) is 0 Å². The minimum atomic E-state index is -3.73. The van der Waals surface area contributed by atoms with Gasteiger partial charge in [-0.05, 0) is 88.2 Å². The van der Waals surface area contributed by atoms with Crippen molar-refractivity contribution in [2.24, 2.45) is 0 Å². The van der Waals surface area contributed by atoms with Crippen LogP contribution in [0.25, 0.3) is 0 Å². The number of carbonyl (C=O) groups is 5. The number of rotatable bonds is 11. The molecule has 2 unspecified atom stereocenters. The molecule has 4 aromatic rings. The normalized spacial score (nSPS) is 18.7. The Hall–Kier alpha value is -6.24. The van der Waals surface area contributed by atoms with Gasteiger partial charge in [0.05, 0.1) is 11.4 Å². The number of aryl methyl sites for hydroxylation is 1. The summed E-state index contributed by atoms with van der Waals surface area (Å²) in [6, 6.07) is 18.7. The smallest absolute Gasteiger partial charge is 0.261 e. The number of imide groups is 2. The fourth-order valence-corrected chi connectivity index (χ4v) is 8.70. The summed E-state index contributed by atoms with van der Waals surface area (Å²) in [5.74, 6) is -1.76. The van der Waals surface area contributed by atoms with Gasteiger partial charge in [0.15, 0.2) is 0 Å². The summed E-state index contributed by atoms with van der Waals surface area (Å²) < 4.78 is 28.5. The highest BCUT2D eigenvalue weighted by molar-refractivity contribution is 7.89. The summed E-state index contributed by atoms with van der Waals surface area (Å²) in [6.45, 7) is 9.09. The molecule has 2 fully saturated rings. The number of anilines is 5. The molecule has 3 aromatic carbocycles. The second kappa shape index (κ2) is 16.6. The molecule has 0 bridgehead atoms. The molecule has 17 nitrogen and oxygen atoms in total. The largest absolute Gasteiger partial charge is 0.368 e. The van der Waals surface area contributed by atoms with Crippen LogP contribution >= 0.6 is 0 Å². The highest BCUT2D eigenvalue weighted by Crippen LogP contribution is 2.31. The van der Waals surface area contributed by atoms with Gasteiger partial charge in [-0.25, -0.2) is 18.1 Å². The van der Waals surface area contributed by atoms with Crippen LogP contribution in [0.15, 0.2) is 83.9 Å². The molecule has 308 valence electrons. The summed E-state index contributed by atoms with van der Waals surface area (Å²) >= 11 is 0. The molecule has 2 atom stereocenters. The number of carbonyl (C=O) groups excluding carboxylic acids is 5. The third-order valence-corrected chi connectivity index (χ3v) is 11.9. The van der Waals surface area contributed by atoms with Crippen LogP contribution in [-0.4, -0.2) is 102 Å². The topological polar surface area (TPSA) is 215 Å². The van der Waals surface area contributed by atoms with Gasteiger partial charge in [0.2, 0.25) is 33.7 Å². The number of amides is 5. The molecule has 3 aliphatic rings. The lowest BCUT2D eigenvalue weighted by Crippen LogP contribution is -2.60. The monoisotopic (exact) mass is 822 g/mol. The van der Waals surface area contributed by atoms with Crippen molar-refractivity contribution in [2.45, 2.75) is 63.1 Å². The Labute approximate surface area is 342 Å². The quantitative estimate of drug-likeness (QED) is 0.138. The Bertz CT molecular complexity index is 2410. The number of nitrogens with one attached hydrogen (secondary N) is 5. The van der Waals surface area contributed by atoms with Gasteiger partial charge in [0, 0.05) is 72.5 Å². The second-order valence-electron chi connectivity index (χ2n) is 15.7. The first-order valence-corrected chi connectivity index (χ1v) is 20.7. The van der Waals surface area contributed by atoms with Gasteiger partial charge in [0.1, 0.15) is 17.9 Å². The van der Waals surface area contributed by atoms with E-state index in [0.717, 1.165) is 21.8 Å². The van der Waals surface area contributed by atoms with Crippen LogP contribution in [0.2, 0.25) is 0 Å².